The first-order valence-electron chi connectivity index (χ1n) is 8.17. The summed E-state index contributed by atoms with van der Waals surface area (Å²) in [4.78, 5) is 14.4. The Morgan fingerprint density at radius 2 is 2.08 bits per heavy atom. The van der Waals surface area contributed by atoms with Crippen LogP contribution in [0.25, 0.3) is 0 Å². The van der Waals surface area contributed by atoms with Crippen molar-refractivity contribution in [2.24, 2.45) is 0 Å². The zero-order chi connectivity index (χ0) is 16.8. The van der Waals surface area contributed by atoms with Crippen molar-refractivity contribution in [1.82, 2.24) is 15.1 Å². The first-order valence-corrected chi connectivity index (χ1v) is 8.17. The van der Waals surface area contributed by atoms with E-state index in [1.54, 1.807) is 30.2 Å². The number of ether oxygens (including phenoxy) is 2. The fraction of sp³-hybridized carbons (Fsp3) is 0.389. The van der Waals surface area contributed by atoms with Crippen molar-refractivity contribution in [2.45, 2.75) is 32.0 Å². The number of aromatic nitrogens is 2. The van der Waals surface area contributed by atoms with Crippen molar-refractivity contribution in [2.75, 3.05) is 13.1 Å². The number of amides is 1. The van der Waals surface area contributed by atoms with Crippen molar-refractivity contribution < 1.29 is 14.3 Å². The maximum Gasteiger partial charge on any atom is 0.263 e. The van der Waals surface area contributed by atoms with Gasteiger partial charge in [-0.05, 0) is 38.0 Å². The summed E-state index contributed by atoms with van der Waals surface area (Å²) >= 11 is 0. The third-order valence-electron chi connectivity index (χ3n) is 3.93. The Balaban J connectivity index is 1.56. The van der Waals surface area contributed by atoms with E-state index < -0.39 is 6.10 Å². The molecular weight excluding hydrogens is 306 g/mol. The quantitative estimate of drug-likeness (QED) is 0.843. The van der Waals surface area contributed by atoms with E-state index in [9.17, 15) is 4.79 Å². The van der Waals surface area contributed by atoms with Gasteiger partial charge in [0.1, 0.15) is 11.9 Å². The first kappa shape index (κ1) is 16.2. The van der Waals surface area contributed by atoms with Gasteiger partial charge in [-0.25, -0.2) is 0 Å². The van der Waals surface area contributed by atoms with E-state index in [4.69, 9.17) is 9.47 Å². The molecule has 1 aliphatic rings. The van der Waals surface area contributed by atoms with E-state index in [0.717, 1.165) is 19.4 Å². The van der Waals surface area contributed by atoms with Crippen LogP contribution in [0.2, 0.25) is 0 Å². The standard InChI is InChI=1S/C18H21N3O3/c1-14(23-15-7-3-2-4-8-15)18(22)21-12-6-9-16(13-21)24-17-10-5-11-19-20-17/h2-5,7-8,10-11,14,16H,6,9,12-13H2,1H3. The van der Waals surface area contributed by atoms with Crippen molar-refractivity contribution in [3.63, 3.8) is 0 Å². The highest BCUT2D eigenvalue weighted by atomic mass is 16.5. The lowest BCUT2D eigenvalue weighted by atomic mass is 10.1. The first-order chi connectivity index (χ1) is 11.7. The number of piperidine rings is 1. The number of para-hydroxylation sites is 1. The summed E-state index contributed by atoms with van der Waals surface area (Å²) in [5.74, 6) is 1.17. The third-order valence-corrected chi connectivity index (χ3v) is 3.93. The summed E-state index contributed by atoms with van der Waals surface area (Å²) in [6.45, 7) is 3.04. The van der Waals surface area contributed by atoms with Crippen LogP contribution in [0.15, 0.2) is 48.7 Å². The second kappa shape index (κ2) is 7.77. The number of hydrogen-bond acceptors (Lipinski definition) is 5. The van der Waals surface area contributed by atoms with Crippen molar-refractivity contribution in [3.8, 4) is 11.6 Å². The minimum atomic E-state index is -0.525. The van der Waals surface area contributed by atoms with Gasteiger partial charge in [0.05, 0.1) is 6.54 Å². The average molecular weight is 327 g/mol. The maximum absolute atomic E-state index is 12.6. The summed E-state index contributed by atoms with van der Waals surface area (Å²) in [6.07, 6.45) is 2.81. The molecule has 0 N–H and O–H groups in total. The van der Waals surface area contributed by atoms with E-state index in [1.807, 2.05) is 30.3 Å². The molecule has 1 fully saturated rings. The fourth-order valence-electron chi connectivity index (χ4n) is 2.77. The van der Waals surface area contributed by atoms with Crippen molar-refractivity contribution in [3.05, 3.63) is 48.7 Å². The Kier molecular flexibility index (Phi) is 5.25. The van der Waals surface area contributed by atoms with Crippen LogP contribution in [0.5, 0.6) is 11.6 Å². The molecule has 126 valence electrons. The topological polar surface area (TPSA) is 64.5 Å². The van der Waals surface area contributed by atoms with Gasteiger partial charge in [-0.3, -0.25) is 4.79 Å². The Hall–Kier alpha value is -2.63. The normalized spacial score (nSPS) is 18.7. The molecular formula is C18H21N3O3. The molecule has 0 bridgehead atoms. The number of hydrogen-bond donors (Lipinski definition) is 0. The van der Waals surface area contributed by atoms with Gasteiger partial charge in [0.15, 0.2) is 6.10 Å². The monoisotopic (exact) mass is 327 g/mol. The minimum absolute atomic E-state index is 0.0219. The molecule has 1 aromatic carbocycles. The van der Waals surface area contributed by atoms with E-state index in [2.05, 4.69) is 10.2 Å². The van der Waals surface area contributed by atoms with E-state index in [0.29, 0.717) is 18.2 Å². The molecule has 3 rings (SSSR count). The van der Waals surface area contributed by atoms with Gasteiger partial charge in [-0.15, -0.1) is 5.10 Å². The molecule has 0 aliphatic carbocycles. The second-order valence-electron chi connectivity index (χ2n) is 5.80. The third kappa shape index (κ3) is 4.22. The van der Waals surface area contributed by atoms with Crippen molar-refractivity contribution in [1.29, 1.82) is 0 Å². The van der Waals surface area contributed by atoms with E-state index in [-0.39, 0.29) is 12.0 Å². The summed E-state index contributed by atoms with van der Waals surface area (Å²) in [6, 6.07) is 12.9. The Morgan fingerprint density at radius 3 is 2.83 bits per heavy atom. The number of benzene rings is 1. The van der Waals surface area contributed by atoms with Gasteiger partial charge in [-0.2, -0.15) is 5.10 Å². The van der Waals surface area contributed by atoms with Crippen LogP contribution in [0, 0.1) is 0 Å². The molecule has 0 saturated carbocycles. The number of carbonyl (C=O) groups is 1. The molecule has 0 spiro atoms. The highest BCUT2D eigenvalue weighted by Crippen LogP contribution is 2.18. The van der Waals surface area contributed by atoms with Crippen LogP contribution < -0.4 is 9.47 Å². The number of likely N-dealkylation sites (tertiary alicyclic amines) is 1. The Morgan fingerprint density at radius 1 is 1.25 bits per heavy atom. The van der Waals surface area contributed by atoms with E-state index in [1.165, 1.54) is 0 Å². The van der Waals surface area contributed by atoms with Crippen LogP contribution in [0.3, 0.4) is 0 Å². The highest BCUT2D eigenvalue weighted by molar-refractivity contribution is 5.81. The van der Waals surface area contributed by atoms with Gasteiger partial charge in [-0.1, -0.05) is 18.2 Å². The largest absolute Gasteiger partial charge is 0.481 e. The second-order valence-corrected chi connectivity index (χ2v) is 5.80. The number of carbonyl (C=O) groups excluding carboxylic acids is 1. The lowest BCUT2D eigenvalue weighted by Crippen LogP contribution is -2.48. The molecule has 2 atom stereocenters. The van der Waals surface area contributed by atoms with Crippen LogP contribution in [0.1, 0.15) is 19.8 Å². The smallest absolute Gasteiger partial charge is 0.263 e. The predicted octanol–water partition coefficient (Wildman–Crippen LogP) is 2.31. The van der Waals surface area contributed by atoms with Gasteiger partial charge in [0.2, 0.25) is 5.88 Å². The lowest BCUT2D eigenvalue weighted by Gasteiger charge is -2.34. The van der Waals surface area contributed by atoms with Gasteiger partial charge in [0.25, 0.3) is 5.91 Å². The molecule has 1 aliphatic heterocycles. The number of nitrogens with zero attached hydrogens (tertiary/aromatic N) is 3. The molecule has 6 heteroatoms. The van der Waals surface area contributed by atoms with Crippen LogP contribution >= 0.6 is 0 Å². The average Bonchev–Trinajstić information content (AvgIpc) is 2.63. The maximum atomic E-state index is 12.6. The zero-order valence-corrected chi connectivity index (χ0v) is 13.7. The van der Waals surface area contributed by atoms with Crippen LogP contribution in [-0.2, 0) is 4.79 Å². The molecule has 0 radical (unpaired) electrons. The molecule has 6 nitrogen and oxygen atoms in total. The minimum Gasteiger partial charge on any atom is -0.481 e. The summed E-state index contributed by atoms with van der Waals surface area (Å²) in [5, 5.41) is 7.74. The Bertz CT molecular complexity index is 651. The molecule has 24 heavy (non-hydrogen) atoms. The van der Waals surface area contributed by atoms with Crippen LogP contribution in [-0.4, -0.2) is 46.3 Å². The summed E-state index contributed by atoms with van der Waals surface area (Å²) in [7, 11) is 0. The van der Waals surface area contributed by atoms with E-state index >= 15 is 0 Å². The highest BCUT2D eigenvalue weighted by Gasteiger charge is 2.29. The molecule has 2 aromatic rings. The molecule has 2 unspecified atom stereocenters. The number of rotatable bonds is 5. The van der Waals surface area contributed by atoms with Gasteiger partial charge in [0, 0.05) is 18.8 Å². The zero-order valence-electron chi connectivity index (χ0n) is 13.7. The predicted molar refractivity (Wildman–Crippen MR) is 88.8 cm³/mol. The molecule has 1 amide bonds. The fourth-order valence-corrected chi connectivity index (χ4v) is 2.77. The molecule has 1 aromatic heterocycles. The van der Waals surface area contributed by atoms with Crippen LogP contribution in [0.4, 0.5) is 0 Å². The Labute approximate surface area is 141 Å². The van der Waals surface area contributed by atoms with Gasteiger partial charge >= 0.3 is 0 Å². The summed E-state index contributed by atoms with van der Waals surface area (Å²) in [5.41, 5.74) is 0. The summed E-state index contributed by atoms with van der Waals surface area (Å²) < 4.78 is 11.6. The van der Waals surface area contributed by atoms with Gasteiger partial charge < -0.3 is 14.4 Å². The molecule has 1 saturated heterocycles. The lowest BCUT2D eigenvalue weighted by molar-refractivity contribution is -0.140. The van der Waals surface area contributed by atoms with Crippen molar-refractivity contribution >= 4 is 5.91 Å². The SMILES string of the molecule is CC(Oc1ccccc1)C(=O)N1CCCC(Oc2cccnn2)C1. The molecule has 2 heterocycles.